The van der Waals surface area contributed by atoms with Crippen LogP contribution in [0.1, 0.15) is 16.1 Å². The van der Waals surface area contributed by atoms with Crippen molar-refractivity contribution in [2.75, 3.05) is 5.32 Å². The van der Waals surface area contributed by atoms with E-state index in [1.165, 1.54) is 12.3 Å². The Morgan fingerprint density at radius 2 is 1.85 bits per heavy atom. The molecule has 1 heterocycles. The molecule has 0 radical (unpaired) electrons. The maximum atomic E-state index is 12.2. The lowest BCUT2D eigenvalue weighted by molar-refractivity contribution is 0.102. The second-order valence-electron chi connectivity index (χ2n) is 5.42. The normalized spacial score (nSPS) is 10.4. The Morgan fingerprint density at radius 1 is 1.08 bits per heavy atom. The maximum Gasteiger partial charge on any atom is 0.272 e. The zero-order chi connectivity index (χ0) is 18.5. The number of anilines is 1. The van der Waals surface area contributed by atoms with Gasteiger partial charge in [-0.05, 0) is 24.3 Å². The zero-order valence-corrected chi connectivity index (χ0v) is 15.0. The number of ether oxygens (including phenoxy) is 1. The molecule has 0 saturated heterocycles. The molecule has 1 aromatic heterocycles. The van der Waals surface area contributed by atoms with Crippen molar-refractivity contribution >= 4 is 34.8 Å². The van der Waals surface area contributed by atoms with Crippen molar-refractivity contribution in [3.63, 3.8) is 0 Å². The molecule has 0 unspecified atom stereocenters. The van der Waals surface area contributed by atoms with Crippen molar-refractivity contribution < 1.29 is 9.53 Å². The number of pyridine rings is 1. The van der Waals surface area contributed by atoms with Crippen LogP contribution in [0.2, 0.25) is 10.0 Å². The number of H-pyrrole nitrogens is 1. The van der Waals surface area contributed by atoms with E-state index in [0.717, 1.165) is 0 Å². The Labute approximate surface area is 159 Å². The summed E-state index contributed by atoms with van der Waals surface area (Å²) in [4.78, 5) is 27.1. The van der Waals surface area contributed by atoms with E-state index in [1.807, 2.05) is 6.07 Å². The molecular weight excluding hydrogens is 375 g/mol. The molecule has 7 heteroatoms. The van der Waals surface area contributed by atoms with E-state index in [0.29, 0.717) is 21.3 Å². The minimum absolute atomic E-state index is 0.0901. The molecule has 0 aliphatic carbocycles. The number of carbonyl (C=O) groups excluding carboxylic acids is 1. The number of hydrogen-bond acceptors (Lipinski definition) is 3. The second-order valence-corrected chi connectivity index (χ2v) is 6.26. The summed E-state index contributed by atoms with van der Waals surface area (Å²) in [6.07, 6.45) is 1.35. The summed E-state index contributed by atoms with van der Waals surface area (Å²) in [7, 11) is 0. The van der Waals surface area contributed by atoms with Gasteiger partial charge in [0.25, 0.3) is 5.91 Å². The van der Waals surface area contributed by atoms with Gasteiger partial charge in [0.15, 0.2) is 5.75 Å². The van der Waals surface area contributed by atoms with Gasteiger partial charge in [-0.2, -0.15) is 0 Å². The number of carbonyl (C=O) groups is 1. The Kier molecular flexibility index (Phi) is 5.61. The van der Waals surface area contributed by atoms with Crippen LogP contribution in [-0.4, -0.2) is 10.9 Å². The molecule has 3 aromatic rings. The zero-order valence-electron chi connectivity index (χ0n) is 13.5. The van der Waals surface area contributed by atoms with Gasteiger partial charge in [0.1, 0.15) is 12.3 Å². The lowest BCUT2D eigenvalue weighted by Crippen LogP contribution is -2.17. The van der Waals surface area contributed by atoms with Crippen molar-refractivity contribution in [3.8, 4) is 5.75 Å². The first kappa shape index (κ1) is 18.0. The third-order valence-corrected chi connectivity index (χ3v) is 4.14. The minimum Gasteiger partial charge on any atom is -0.483 e. The van der Waals surface area contributed by atoms with Gasteiger partial charge >= 0.3 is 0 Å². The molecule has 0 aliphatic rings. The molecule has 0 atom stereocenters. The molecule has 0 bridgehead atoms. The number of nitrogens with one attached hydrogen (secondary N) is 2. The lowest BCUT2D eigenvalue weighted by atomic mass is 10.2. The number of amides is 1. The number of hydrogen-bond donors (Lipinski definition) is 2. The maximum absolute atomic E-state index is 12.2. The largest absolute Gasteiger partial charge is 0.483 e. The smallest absolute Gasteiger partial charge is 0.272 e. The average molecular weight is 389 g/mol. The van der Waals surface area contributed by atoms with Gasteiger partial charge in [0.2, 0.25) is 5.43 Å². The van der Waals surface area contributed by atoms with Crippen LogP contribution in [0, 0.1) is 0 Å². The van der Waals surface area contributed by atoms with E-state index in [4.69, 9.17) is 27.9 Å². The third-order valence-electron chi connectivity index (χ3n) is 3.55. The summed E-state index contributed by atoms with van der Waals surface area (Å²) in [5, 5.41) is 3.67. The van der Waals surface area contributed by atoms with Crippen molar-refractivity contribution in [1.29, 1.82) is 0 Å². The van der Waals surface area contributed by atoms with Crippen molar-refractivity contribution in [2.45, 2.75) is 6.61 Å². The molecule has 0 aliphatic heterocycles. The highest BCUT2D eigenvalue weighted by Crippen LogP contribution is 2.22. The highest BCUT2D eigenvalue weighted by molar-refractivity contribution is 6.35. The first-order chi connectivity index (χ1) is 12.5. The molecule has 1 amide bonds. The van der Waals surface area contributed by atoms with Crippen LogP contribution in [-0.2, 0) is 6.61 Å². The van der Waals surface area contributed by atoms with Gasteiger partial charge in [-0.15, -0.1) is 0 Å². The van der Waals surface area contributed by atoms with E-state index in [2.05, 4.69) is 10.3 Å². The quantitative estimate of drug-likeness (QED) is 0.675. The van der Waals surface area contributed by atoms with Gasteiger partial charge in [0.05, 0.1) is 0 Å². The fourth-order valence-electron chi connectivity index (χ4n) is 2.22. The van der Waals surface area contributed by atoms with Gasteiger partial charge in [-0.1, -0.05) is 47.5 Å². The number of para-hydroxylation sites is 1. The molecule has 132 valence electrons. The fourth-order valence-corrected chi connectivity index (χ4v) is 2.68. The Hall–Kier alpha value is -2.76. The van der Waals surface area contributed by atoms with E-state index in [-0.39, 0.29) is 18.1 Å². The van der Waals surface area contributed by atoms with Crippen molar-refractivity contribution in [1.82, 2.24) is 4.98 Å². The van der Waals surface area contributed by atoms with E-state index in [9.17, 15) is 9.59 Å². The molecule has 0 fully saturated rings. The predicted octanol–water partition coefficient (Wildman–Crippen LogP) is 4.51. The van der Waals surface area contributed by atoms with Crippen LogP contribution < -0.4 is 15.5 Å². The molecule has 5 nitrogen and oxygen atoms in total. The Bertz CT molecular complexity index is 988. The minimum atomic E-state index is -0.416. The Morgan fingerprint density at radius 3 is 2.54 bits per heavy atom. The monoisotopic (exact) mass is 388 g/mol. The van der Waals surface area contributed by atoms with Crippen LogP contribution in [0.3, 0.4) is 0 Å². The average Bonchev–Trinajstić information content (AvgIpc) is 2.62. The SMILES string of the molecule is O=C(Nc1ccccc1)c1cc(=O)c(OCc2ccc(Cl)cc2Cl)c[nH]1. The molecule has 3 rings (SSSR count). The molecule has 26 heavy (non-hydrogen) atoms. The van der Waals surface area contributed by atoms with Crippen molar-refractivity contribution in [2.24, 2.45) is 0 Å². The highest BCUT2D eigenvalue weighted by atomic mass is 35.5. The third kappa shape index (κ3) is 4.45. The number of aromatic amines is 1. The summed E-state index contributed by atoms with van der Waals surface area (Å²) >= 11 is 11.9. The molecule has 0 spiro atoms. The second kappa shape index (κ2) is 8.08. The molecule has 0 saturated carbocycles. The van der Waals surface area contributed by atoms with Crippen LogP contribution in [0.25, 0.3) is 0 Å². The summed E-state index contributed by atoms with van der Waals surface area (Å²) in [5.41, 5.74) is 1.06. The molecule has 2 N–H and O–H groups in total. The standard InChI is InChI=1S/C19H14Cl2N2O3/c20-13-7-6-12(15(21)8-13)11-26-18-10-22-16(9-17(18)24)19(25)23-14-4-2-1-3-5-14/h1-10H,11H2,(H,22,24)(H,23,25). The number of rotatable bonds is 5. The summed E-state index contributed by atoms with van der Waals surface area (Å²) < 4.78 is 5.49. The fraction of sp³-hybridized carbons (Fsp3) is 0.0526. The Balaban J connectivity index is 1.69. The van der Waals surface area contributed by atoms with Crippen LogP contribution in [0.4, 0.5) is 5.69 Å². The van der Waals surface area contributed by atoms with Gasteiger partial charge in [-0.25, -0.2) is 0 Å². The number of benzene rings is 2. The van der Waals surface area contributed by atoms with Gasteiger partial charge < -0.3 is 15.0 Å². The first-order valence-electron chi connectivity index (χ1n) is 7.69. The van der Waals surface area contributed by atoms with Crippen LogP contribution >= 0.6 is 23.2 Å². The number of halogens is 2. The van der Waals surface area contributed by atoms with Gasteiger partial charge in [0, 0.05) is 33.6 Å². The summed E-state index contributed by atoms with van der Waals surface area (Å²) in [5.74, 6) is -0.326. The van der Waals surface area contributed by atoms with Gasteiger partial charge in [-0.3, -0.25) is 9.59 Å². The lowest BCUT2D eigenvalue weighted by Gasteiger charge is -2.09. The molecular formula is C19H14Cl2N2O3. The first-order valence-corrected chi connectivity index (χ1v) is 8.44. The van der Waals surface area contributed by atoms with E-state index < -0.39 is 11.3 Å². The summed E-state index contributed by atoms with van der Waals surface area (Å²) in [6.45, 7) is 0.106. The van der Waals surface area contributed by atoms with Crippen LogP contribution in [0.15, 0.2) is 65.6 Å². The molecule has 2 aromatic carbocycles. The van der Waals surface area contributed by atoms with Crippen LogP contribution in [0.5, 0.6) is 5.75 Å². The summed E-state index contributed by atoms with van der Waals surface area (Å²) in [6, 6.07) is 15.2. The topological polar surface area (TPSA) is 71.2 Å². The van der Waals surface area contributed by atoms with E-state index in [1.54, 1.807) is 42.5 Å². The van der Waals surface area contributed by atoms with Crippen molar-refractivity contribution in [3.05, 3.63) is 92.3 Å². The van der Waals surface area contributed by atoms with E-state index >= 15 is 0 Å². The highest BCUT2D eigenvalue weighted by Gasteiger charge is 2.11. The predicted molar refractivity (Wildman–Crippen MR) is 102 cm³/mol. The number of aromatic nitrogens is 1.